The first kappa shape index (κ1) is 20.9. The second-order valence-corrected chi connectivity index (χ2v) is 8.11. The quantitative estimate of drug-likeness (QED) is 0.648. The molecule has 0 bridgehead atoms. The second-order valence-electron chi connectivity index (χ2n) is 7.68. The summed E-state index contributed by atoms with van der Waals surface area (Å²) in [4.78, 5) is 15.3. The molecular formula is C22H30ClN3O2. The van der Waals surface area contributed by atoms with Crippen molar-refractivity contribution in [2.24, 2.45) is 5.41 Å². The number of nitrogens with zero attached hydrogens (tertiary/aromatic N) is 3. The van der Waals surface area contributed by atoms with Crippen molar-refractivity contribution in [3.8, 4) is 0 Å². The summed E-state index contributed by atoms with van der Waals surface area (Å²) >= 11 is 6.02. The number of aryl methyl sites for hydroxylation is 2. The van der Waals surface area contributed by atoms with Gasteiger partial charge in [0, 0.05) is 29.9 Å². The van der Waals surface area contributed by atoms with Gasteiger partial charge in [0.2, 0.25) is 0 Å². The first-order valence-corrected chi connectivity index (χ1v) is 10.5. The topological polar surface area (TPSA) is 47.4 Å². The molecule has 0 N–H and O–H groups in total. The molecule has 5 nitrogen and oxygen atoms in total. The van der Waals surface area contributed by atoms with Gasteiger partial charge in [0.1, 0.15) is 0 Å². The van der Waals surface area contributed by atoms with Gasteiger partial charge in [-0.2, -0.15) is 5.10 Å². The molecule has 3 rings (SSSR count). The molecule has 28 heavy (non-hydrogen) atoms. The van der Waals surface area contributed by atoms with Crippen molar-refractivity contribution in [2.45, 2.75) is 53.1 Å². The smallest absolute Gasteiger partial charge is 0.312 e. The number of likely N-dealkylation sites (tertiary alicyclic amines) is 1. The highest BCUT2D eigenvalue weighted by molar-refractivity contribution is 6.30. The number of ether oxygens (including phenoxy) is 1. The Hall–Kier alpha value is -1.85. The van der Waals surface area contributed by atoms with Crippen LogP contribution in [0.2, 0.25) is 5.02 Å². The van der Waals surface area contributed by atoms with E-state index in [1.165, 1.54) is 5.56 Å². The van der Waals surface area contributed by atoms with Crippen LogP contribution in [0.25, 0.3) is 0 Å². The van der Waals surface area contributed by atoms with Crippen LogP contribution < -0.4 is 0 Å². The molecule has 0 radical (unpaired) electrons. The fraction of sp³-hybridized carbons (Fsp3) is 0.545. The third kappa shape index (κ3) is 4.76. The number of rotatable bonds is 7. The maximum absolute atomic E-state index is 12.9. The van der Waals surface area contributed by atoms with Crippen molar-refractivity contribution >= 4 is 17.6 Å². The zero-order valence-corrected chi connectivity index (χ0v) is 17.8. The van der Waals surface area contributed by atoms with Gasteiger partial charge in [-0.15, -0.1) is 0 Å². The summed E-state index contributed by atoms with van der Waals surface area (Å²) < 4.78 is 7.46. The summed E-state index contributed by atoms with van der Waals surface area (Å²) in [5.41, 5.74) is 3.03. The molecule has 2 heterocycles. The SMILES string of the molecule is CCOC(=O)C1(Cc2ccc(Cl)cc2)CCN(Cc2cn(CC)nc2C)CC1. The van der Waals surface area contributed by atoms with Gasteiger partial charge in [0.15, 0.2) is 0 Å². The molecule has 0 atom stereocenters. The average Bonchev–Trinajstić information content (AvgIpc) is 3.05. The molecule has 152 valence electrons. The lowest BCUT2D eigenvalue weighted by atomic mass is 9.73. The molecule has 2 aromatic rings. The number of esters is 1. The monoisotopic (exact) mass is 403 g/mol. The van der Waals surface area contributed by atoms with Gasteiger partial charge in [-0.25, -0.2) is 0 Å². The average molecular weight is 404 g/mol. The minimum absolute atomic E-state index is 0.0698. The van der Waals surface area contributed by atoms with Gasteiger partial charge in [0.05, 0.1) is 17.7 Å². The first-order chi connectivity index (χ1) is 13.5. The molecule has 0 saturated carbocycles. The Morgan fingerprint density at radius 2 is 1.89 bits per heavy atom. The highest BCUT2D eigenvalue weighted by atomic mass is 35.5. The molecule has 0 unspecified atom stereocenters. The third-order valence-electron chi connectivity index (χ3n) is 5.74. The van der Waals surface area contributed by atoms with Crippen LogP contribution in [-0.2, 0) is 29.0 Å². The number of halogens is 1. The van der Waals surface area contributed by atoms with Gasteiger partial charge in [0.25, 0.3) is 0 Å². The Kier molecular flexibility index (Phi) is 6.78. The lowest BCUT2D eigenvalue weighted by Gasteiger charge is -2.40. The Labute approximate surface area is 172 Å². The van der Waals surface area contributed by atoms with Crippen LogP contribution in [-0.4, -0.2) is 40.3 Å². The third-order valence-corrected chi connectivity index (χ3v) is 6.00. The minimum atomic E-state index is -0.455. The van der Waals surface area contributed by atoms with E-state index in [-0.39, 0.29) is 5.97 Å². The number of carbonyl (C=O) groups excluding carboxylic acids is 1. The minimum Gasteiger partial charge on any atom is -0.466 e. The largest absolute Gasteiger partial charge is 0.466 e. The molecule has 0 aliphatic carbocycles. The summed E-state index contributed by atoms with van der Waals surface area (Å²) in [5.74, 6) is -0.0698. The molecular weight excluding hydrogens is 374 g/mol. The van der Waals surface area contributed by atoms with Crippen LogP contribution in [0, 0.1) is 12.3 Å². The fourth-order valence-corrected chi connectivity index (χ4v) is 4.11. The summed E-state index contributed by atoms with van der Waals surface area (Å²) in [6.07, 6.45) is 4.44. The second kappa shape index (κ2) is 9.10. The van der Waals surface area contributed by atoms with Gasteiger partial charge in [-0.05, 0) is 70.8 Å². The van der Waals surface area contributed by atoms with E-state index in [0.717, 1.165) is 50.3 Å². The summed E-state index contributed by atoms with van der Waals surface area (Å²) in [6, 6.07) is 7.80. The number of benzene rings is 1. The van der Waals surface area contributed by atoms with Crippen molar-refractivity contribution in [3.05, 3.63) is 52.3 Å². The maximum Gasteiger partial charge on any atom is 0.312 e. The summed E-state index contributed by atoms with van der Waals surface area (Å²) in [5, 5.41) is 5.26. The van der Waals surface area contributed by atoms with E-state index < -0.39 is 5.41 Å². The van der Waals surface area contributed by atoms with E-state index in [2.05, 4.69) is 30.0 Å². The lowest BCUT2D eigenvalue weighted by molar-refractivity contribution is -0.158. The van der Waals surface area contributed by atoms with Crippen molar-refractivity contribution in [1.82, 2.24) is 14.7 Å². The number of piperidine rings is 1. The standard InChI is InChI=1S/C22H30ClN3O2/c1-4-26-16-19(17(3)24-26)15-25-12-10-22(11-13-25,21(27)28-5-2)14-18-6-8-20(23)9-7-18/h6-9,16H,4-5,10-15H2,1-3H3. The van der Waals surface area contributed by atoms with Crippen molar-refractivity contribution < 1.29 is 9.53 Å². The van der Waals surface area contributed by atoms with E-state index >= 15 is 0 Å². The van der Waals surface area contributed by atoms with Gasteiger partial charge in [-0.1, -0.05) is 23.7 Å². The zero-order valence-electron chi connectivity index (χ0n) is 17.1. The van der Waals surface area contributed by atoms with E-state index in [0.29, 0.717) is 18.1 Å². The fourth-order valence-electron chi connectivity index (χ4n) is 3.99. The van der Waals surface area contributed by atoms with Gasteiger partial charge in [-0.3, -0.25) is 14.4 Å². The molecule has 0 spiro atoms. The van der Waals surface area contributed by atoms with Gasteiger partial charge < -0.3 is 4.74 Å². The lowest BCUT2D eigenvalue weighted by Crippen LogP contribution is -2.46. The van der Waals surface area contributed by atoms with Crippen LogP contribution in [0.3, 0.4) is 0 Å². The van der Waals surface area contributed by atoms with E-state index in [4.69, 9.17) is 16.3 Å². The molecule has 1 aromatic carbocycles. The summed E-state index contributed by atoms with van der Waals surface area (Å²) in [6.45, 7) is 9.97. The van der Waals surface area contributed by atoms with E-state index in [9.17, 15) is 4.79 Å². The van der Waals surface area contributed by atoms with Crippen molar-refractivity contribution in [3.63, 3.8) is 0 Å². The Bertz CT molecular complexity index is 793. The predicted molar refractivity (Wildman–Crippen MR) is 111 cm³/mol. The Morgan fingerprint density at radius 3 is 2.46 bits per heavy atom. The molecule has 0 amide bonds. The number of hydrogen-bond donors (Lipinski definition) is 0. The molecule has 1 aliphatic heterocycles. The van der Waals surface area contributed by atoms with Gasteiger partial charge >= 0.3 is 5.97 Å². The molecule has 1 saturated heterocycles. The Morgan fingerprint density at radius 1 is 1.21 bits per heavy atom. The normalized spacial score (nSPS) is 16.9. The Balaban J connectivity index is 1.70. The molecule has 6 heteroatoms. The predicted octanol–water partition coefficient (Wildman–Crippen LogP) is 4.25. The highest BCUT2D eigenvalue weighted by Crippen LogP contribution is 2.37. The number of aromatic nitrogens is 2. The summed E-state index contributed by atoms with van der Waals surface area (Å²) in [7, 11) is 0. The number of carbonyl (C=O) groups is 1. The molecule has 1 fully saturated rings. The van der Waals surface area contributed by atoms with Crippen LogP contribution in [0.5, 0.6) is 0 Å². The number of hydrogen-bond acceptors (Lipinski definition) is 4. The van der Waals surface area contributed by atoms with Crippen LogP contribution in [0.15, 0.2) is 30.5 Å². The van der Waals surface area contributed by atoms with E-state index in [1.807, 2.05) is 35.9 Å². The maximum atomic E-state index is 12.9. The van der Waals surface area contributed by atoms with E-state index in [1.54, 1.807) is 0 Å². The van der Waals surface area contributed by atoms with Crippen LogP contribution in [0.4, 0.5) is 0 Å². The van der Waals surface area contributed by atoms with Crippen molar-refractivity contribution in [2.75, 3.05) is 19.7 Å². The highest BCUT2D eigenvalue weighted by Gasteiger charge is 2.42. The van der Waals surface area contributed by atoms with Crippen LogP contribution in [0.1, 0.15) is 43.5 Å². The molecule has 1 aromatic heterocycles. The van der Waals surface area contributed by atoms with Crippen molar-refractivity contribution in [1.29, 1.82) is 0 Å². The van der Waals surface area contributed by atoms with Crippen LogP contribution >= 0.6 is 11.6 Å². The molecule has 1 aliphatic rings. The zero-order chi connectivity index (χ0) is 20.1. The first-order valence-electron chi connectivity index (χ1n) is 10.1.